The van der Waals surface area contributed by atoms with Crippen molar-refractivity contribution in [3.8, 4) is 0 Å². The van der Waals surface area contributed by atoms with E-state index in [9.17, 15) is 14.0 Å². The Morgan fingerprint density at radius 1 is 1.28 bits per heavy atom. The second kappa shape index (κ2) is 9.27. The molecule has 1 saturated heterocycles. The lowest BCUT2D eigenvalue weighted by atomic mass is 9.97. The molecule has 1 N–H and O–H groups in total. The Morgan fingerprint density at radius 3 is 2.55 bits per heavy atom. The molecule has 0 aromatic carbocycles. The summed E-state index contributed by atoms with van der Waals surface area (Å²) in [5, 5.41) is 10.8. The summed E-state index contributed by atoms with van der Waals surface area (Å²) < 4.78 is 29.7. The van der Waals surface area contributed by atoms with E-state index in [4.69, 9.17) is 13.9 Å². The standard InChI is InChI=1S/C19H31FN4O5/c1-18(2,3)17-23-22-16(29-17)15(26)13-7-12(20)9-24(13)14(25)8-21-19(4,5)10-28-11-27-6/h12-13,21H,7-11H2,1-6H3/t12-,13?/m0/s1. The zero-order chi connectivity index (χ0) is 21.8. The second-order valence-electron chi connectivity index (χ2n) is 8.91. The number of likely N-dealkylation sites (tertiary alicyclic amines) is 1. The van der Waals surface area contributed by atoms with Crippen molar-refractivity contribution in [1.82, 2.24) is 20.4 Å². The maximum atomic E-state index is 14.1. The van der Waals surface area contributed by atoms with Gasteiger partial charge in [0.15, 0.2) is 0 Å². The molecule has 0 aliphatic carbocycles. The van der Waals surface area contributed by atoms with Gasteiger partial charge in [0, 0.05) is 24.5 Å². The first kappa shape index (κ1) is 23.4. The quantitative estimate of drug-likeness (QED) is 0.368. The number of nitrogens with zero attached hydrogens (tertiary/aromatic N) is 3. The number of amides is 1. The van der Waals surface area contributed by atoms with Crippen molar-refractivity contribution < 1.29 is 27.9 Å². The van der Waals surface area contributed by atoms with Gasteiger partial charge in [-0.3, -0.25) is 9.59 Å². The molecule has 1 aliphatic rings. The molecule has 9 nitrogen and oxygen atoms in total. The normalized spacial score (nSPS) is 20.3. The van der Waals surface area contributed by atoms with E-state index in [1.807, 2.05) is 34.6 Å². The highest BCUT2D eigenvalue weighted by atomic mass is 19.1. The van der Waals surface area contributed by atoms with Gasteiger partial charge in [-0.25, -0.2) is 4.39 Å². The summed E-state index contributed by atoms with van der Waals surface area (Å²) >= 11 is 0. The van der Waals surface area contributed by atoms with Crippen LogP contribution < -0.4 is 5.32 Å². The van der Waals surface area contributed by atoms with Crippen molar-refractivity contribution in [3.63, 3.8) is 0 Å². The topological polar surface area (TPSA) is 107 Å². The molecule has 1 aliphatic heterocycles. The zero-order valence-electron chi connectivity index (χ0n) is 18.0. The summed E-state index contributed by atoms with van der Waals surface area (Å²) in [6.45, 7) is 9.63. The number of Topliss-reactive ketones (excluding diaryl/α,β-unsaturated/α-hetero) is 1. The van der Waals surface area contributed by atoms with Crippen molar-refractivity contribution in [3.05, 3.63) is 11.8 Å². The first-order valence-corrected chi connectivity index (χ1v) is 9.58. The van der Waals surface area contributed by atoms with Crippen molar-refractivity contribution in [2.75, 3.05) is 33.6 Å². The molecule has 1 aromatic rings. The SMILES string of the molecule is COCOCC(C)(C)NCC(=O)N1C[C@@H](F)CC1C(=O)c1nnc(C(C)(C)C)o1. The number of alkyl halides is 1. The summed E-state index contributed by atoms with van der Waals surface area (Å²) in [6, 6.07) is -0.958. The molecule has 2 atom stereocenters. The predicted octanol–water partition coefficient (Wildman–Crippen LogP) is 1.48. The number of carbonyl (C=O) groups is 2. The van der Waals surface area contributed by atoms with Crippen LogP contribution >= 0.6 is 0 Å². The van der Waals surface area contributed by atoms with Crippen LogP contribution in [0.1, 0.15) is 57.6 Å². The first-order valence-electron chi connectivity index (χ1n) is 9.58. The molecule has 0 spiro atoms. The largest absolute Gasteiger partial charge is 0.418 e. The van der Waals surface area contributed by atoms with Crippen LogP contribution in [0.4, 0.5) is 4.39 Å². The molecule has 1 aromatic heterocycles. The fraction of sp³-hybridized carbons (Fsp3) is 0.789. The van der Waals surface area contributed by atoms with Crippen LogP contribution in [0.2, 0.25) is 0 Å². The Balaban J connectivity index is 2.02. The lowest BCUT2D eigenvalue weighted by Gasteiger charge is -2.28. The highest BCUT2D eigenvalue weighted by Gasteiger charge is 2.42. The fourth-order valence-corrected chi connectivity index (χ4v) is 2.92. The number of nitrogens with one attached hydrogen (secondary N) is 1. The second-order valence-corrected chi connectivity index (χ2v) is 8.91. The zero-order valence-corrected chi connectivity index (χ0v) is 18.0. The fourth-order valence-electron chi connectivity index (χ4n) is 2.92. The van der Waals surface area contributed by atoms with E-state index in [1.54, 1.807) is 0 Å². The third kappa shape index (κ3) is 6.28. The molecule has 2 rings (SSSR count). The van der Waals surface area contributed by atoms with Gasteiger partial charge in [-0.1, -0.05) is 20.8 Å². The average molecular weight is 414 g/mol. The van der Waals surface area contributed by atoms with Gasteiger partial charge < -0.3 is 24.1 Å². The van der Waals surface area contributed by atoms with Gasteiger partial charge in [0.05, 0.1) is 19.7 Å². The summed E-state index contributed by atoms with van der Waals surface area (Å²) in [7, 11) is 1.52. The molecule has 1 unspecified atom stereocenters. The summed E-state index contributed by atoms with van der Waals surface area (Å²) in [4.78, 5) is 26.7. The van der Waals surface area contributed by atoms with Gasteiger partial charge in [0.25, 0.3) is 5.89 Å². The molecule has 164 valence electrons. The third-order valence-corrected chi connectivity index (χ3v) is 4.53. The van der Waals surface area contributed by atoms with E-state index in [0.717, 1.165) is 0 Å². The van der Waals surface area contributed by atoms with E-state index in [-0.39, 0.29) is 38.1 Å². The molecule has 0 saturated carbocycles. The highest BCUT2D eigenvalue weighted by molar-refractivity contribution is 5.99. The van der Waals surface area contributed by atoms with Crippen LogP contribution in [0.3, 0.4) is 0 Å². The molecule has 0 radical (unpaired) electrons. The van der Waals surface area contributed by atoms with Crippen LogP contribution in [0.5, 0.6) is 0 Å². The predicted molar refractivity (Wildman–Crippen MR) is 102 cm³/mol. The van der Waals surface area contributed by atoms with E-state index >= 15 is 0 Å². The molecular formula is C19H31FN4O5. The minimum absolute atomic E-state index is 0.0586. The minimum atomic E-state index is -1.28. The van der Waals surface area contributed by atoms with Crippen LogP contribution in [-0.4, -0.2) is 78.1 Å². The molecule has 29 heavy (non-hydrogen) atoms. The number of hydrogen-bond acceptors (Lipinski definition) is 8. The van der Waals surface area contributed by atoms with Crippen LogP contribution in [0.15, 0.2) is 4.42 Å². The summed E-state index contributed by atoms with van der Waals surface area (Å²) in [6.07, 6.45) is -1.37. The van der Waals surface area contributed by atoms with Crippen molar-refractivity contribution in [2.45, 2.75) is 64.2 Å². The first-order chi connectivity index (χ1) is 13.4. The van der Waals surface area contributed by atoms with Gasteiger partial charge in [-0.05, 0) is 13.8 Å². The number of carbonyl (C=O) groups excluding carboxylic acids is 2. The summed E-state index contributed by atoms with van der Waals surface area (Å²) in [5.74, 6) is -0.802. The molecule has 10 heteroatoms. The number of rotatable bonds is 9. The molecule has 2 heterocycles. The van der Waals surface area contributed by atoms with Crippen molar-refractivity contribution in [2.24, 2.45) is 0 Å². The monoisotopic (exact) mass is 414 g/mol. The van der Waals surface area contributed by atoms with Crippen LogP contribution in [0, 0.1) is 0 Å². The van der Waals surface area contributed by atoms with Gasteiger partial charge in [-0.15, -0.1) is 10.2 Å². The molecule has 0 bridgehead atoms. The van der Waals surface area contributed by atoms with Crippen LogP contribution in [-0.2, 0) is 19.7 Å². The van der Waals surface area contributed by atoms with Gasteiger partial charge in [-0.2, -0.15) is 0 Å². The number of ether oxygens (including phenoxy) is 2. The van der Waals surface area contributed by atoms with Gasteiger partial charge >= 0.3 is 0 Å². The minimum Gasteiger partial charge on any atom is -0.418 e. The number of ketones is 1. The Labute approximate surface area is 170 Å². The van der Waals surface area contributed by atoms with Crippen molar-refractivity contribution in [1.29, 1.82) is 0 Å². The summed E-state index contributed by atoms with van der Waals surface area (Å²) in [5.41, 5.74) is -0.920. The molecule has 1 fully saturated rings. The smallest absolute Gasteiger partial charge is 0.286 e. The van der Waals surface area contributed by atoms with E-state index in [2.05, 4.69) is 15.5 Å². The Morgan fingerprint density at radius 2 is 1.97 bits per heavy atom. The van der Waals surface area contributed by atoms with Gasteiger partial charge in [0.2, 0.25) is 17.6 Å². The average Bonchev–Trinajstić information content (AvgIpc) is 3.26. The van der Waals surface area contributed by atoms with Gasteiger partial charge in [0.1, 0.15) is 19.0 Å². The lowest BCUT2D eigenvalue weighted by molar-refractivity contribution is -0.131. The Hall–Kier alpha value is -1.91. The highest BCUT2D eigenvalue weighted by Crippen LogP contribution is 2.26. The third-order valence-electron chi connectivity index (χ3n) is 4.53. The molecule has 1 amide bonds. The van der Waals surface area contributed by atoms with Crippen molar-refractivity contribution >= 4 is 11.7 Å². The van der Waals surface area contributed by atoms with E-state index in [1.165, 1.54) is 12.0 Å². The Kier molecular flexibility index (Phi) is 7.47. The number of halogens is 1. The van der Waals surface area contributed by atoms with Crippen LogP contribution in [0.25, 0.3) is 0 Å². The lowest BCUT2D eigenvalue weighted by Crippen LogP contribution is -2.51. The number of hydrogen-bond donors (Lipinski definition) is 1. The number of methoxy groups -OCH3 is 1. The van der Waals surface area contributed by atoms with E-state index < -0.39 is 29.0 Å². The number of aromatic nitrogens is 2. The van der Waals surface area contributed by atoms with E-state index in [0.29, 0.717) is 12.5 Å². The maximum absolute atomic E-state index is 14.1. The maximum Gasteiger partial charge on any atom is 0.286 e. The Bertz CT molecular complexity index is 716. The molecular weight excluding hydrogens is 383 g/mol.